The van der Waals surface area contributed by atoms with Gasteiger partial charge in [-0.1, -0.05) is 22.9 Å². The highest BCUT2D eigenvalue weighted by molar-refractivity contribution is 6.31. The molecule has 0 bridgehead atoms. The van der Waals surface area contributed by atoms with Gasteiger partial charge in [-0.05, 0) is 31.5 Å². The third kappa shape index (κ3) is 2.22. The Morgan fingerprint density at radius 2 is 2.22 bits per heavy atom. The van der Waals surface area contributed by atoms with Crippen molar-refractivity contribution < 1.29 is 9.90 Å². The molecule has 0 spiro atoms. The zero-order valence-electron chi connectivity index (χ0n) is 9.96. The Kier molecular flexibility index (Phi) is 3.34. The summed E-state index contributed by atoms with van der Waals surface area (Å²) in [7, 11) is 0. The number of carbonyl (C=O) groups is 1. The topological polar surface area (TPSA) is 68.0 Å². The van der Waals surface area contributed by atoms with Gasteiger partial charge in [0.2, 0.25) is 0 Å². The highest BCUT2D eigenvalue weighted by Crippen LogP contribution is 2.25. The minimum absolute atomic E-state index is 0.657. The summed E-state index contributed by atoms with van der Waals surface area (Å²) in [5, 5.41) is 17.3. The lowest BCUT2D eigenvalue weighted by Gasteiger charge is -2.11. The Balaban J connectivity index is 2.48. The molecule has 0 aliphatic rings. The van der Waals surface area contributed by atoms with Crippen molar-refractivity contribution >= 4 is 17.6 Å². The molecule has 0 amide bonds. The highest BCUT2D eigenvalue weighted by Gasteiger charge is 2.18. The summed E-state index contributed by atoms with van der Waals surface area (Å²) in [6.45, 7) is 3.45. The Morgan fingerprint density at radius 1 is 1.50 bits per heavy atom. The van der Waals surface area contributed by atoms with Crippen LogP contribution >= 0.6 is 11.6 Å². The van der Waals surface area contributed by atoms with E-state index in [1.807, 2.05) is 19.1 Å². The van der Waals surface area contributed by atoms with Gasteiger partial charge < -0.3 is 5.11 Å². The third-order valence-corrected chi connectivity index (χ3v) is 3.18. The number of halogens is 1. The van der Waals surface area contributed by atoms with Crippen LogP contribution in [0.3, 0.4) is 0 Å². The van der Waals surface area contributed by atoms with E-state index in [0.717, 1.165) is 11.1 Å². The van der Waals surface area contributed by atoms with Crippen LogP contribution in [0.25, 0.3) is 11.3 Å². The van der Waals surface area contributed by atoms with Crippen molar-refractivity contribution in [3.05, 3.63) is 35.0 Å². The summed E-state index contributed by atoms with van der Waals surface area (Å²) in [5.74, 6) is -0.951. The lowest BCUT2D eigenvalue weighted by atomic mass is 10.1. The molecule has 0 fully saturated rings. The Morgan fingerprint density at radius 3 is 2.83 bits per heavy atom. The van der Waals surface area contributed by atoms with Gasteiger partial charge in [-0.3, -0.25) is 0 Å². The normalized spacial score (nSPS) is 12.4. The van der Waals surface area contributed by atoms with Gasteiger partial charge in [-0.25, -0.2) is 9.48 Å². The van der Waals surface area contributed by atoms with Crippen molar-refractivity contribution in [3.63, 3.8) is 0 Å². The SMILES string of the molecule is Cc1cc(-c2cnnn2C(C)C(=O)O)ccc1Cl. The van der Waals surface area contributed by atoms with Gasteiger partial charge in [0, 0.05) is 10.6 Å². The Hall–Kier alpha value is -1.88. The number of rotatable bonds is 3. The molecule has 6 heteroatoms. The van der Waals surface area contributed by atoms with E-state index in [-0.39, 0.29) is 0 Å². The molecule has 0 radical (unpaired) electrons. The lowest BCUT2D eigenvalue weighted by molar-refractivity contribution is -0.140. The standard InChI is InChI=1S/C12H12ClN3O2/c1-7-5-9(3-4-10(7)13)11-6-14-15-16(11)8(2)12(17)18/h3-6,8H,1-2H3,(H,17,18). The van der Waals surface area contributed by atoms with E-state index >= 15 is 0 Å². The van der Waals surface area contributed by atoms with Crippen molar-refractivity contribution in [1.82, 2.24) is 15.0 Å². The maximum Gasteiger partial charge on any atom is 0.328 e. The summed E-state index contributed by atoms with van der Waals surface area (Å²) in [6, 6.07) is 4.71. The molecule has 1 unspecified atom stereocenters. The number of benzene rings is 1. The number of aryl methyl sites for hydroxylation is 1. The zero-order valence-corrected chi connectivity index (χ0v) is 10.7. The molecule has 2 rings (SSSR count). The van der Waals surface area contributed by atoms with Gasteiger partial charge in [0.15, 0.2) is 0 Å². The molecule has 0 saturated carbocycles. The van der Waals surface area contributed by atoms with Crippen LogP contribution in [0.2, 0.25) is 5.02 Å². The molecule has 2 aromatic rings. The fourth-order valence-electron chi connectivity index (χ4n) is 1.64. The van der Waals surface area contributed by atoms with Crippen LogP contribution in [0.15, 0.2) is 24.4 Å². The van der Waals surface area contributed by atoms with Gasteiger partial charge in [0.25, 0.3) is 0 Å². The smallest absolute Gasteiger partial charge is 0.328 e. The van der Waals surface area contributed by atoms with E-state index in [1.165, 1.54) is 4.68 Å². The predicted octanol–water partition coefficient (Wildman–Crippen LogP) is 2.55. The number of nitrogens with zero attached hydrogens (tertiary/aromatic N) is 3. The van der Waals surface area contributed by atoms with Crippen molar-refractivity contribution in [3.8, 4) is 11.3 Å². The summed E-state index contributed by atoms with van der Waals surface area (Å²) in [4.78, 5) is 11.0. The largest absolute Gasteiger partial charge is 0.480 e. The molecular weight excluding hydrogens is 254 g/mol. The van der Waals surface area contributed by atoms with Crippen LogP contribution in [0, 0.1) is 6.92 Å². The van der Waals surface area contributed by atoms with Gasteiger partial charge in [-0.15, -0.1) is 5.10 Å². The van der Waals surface area contributed by atoms with Crippen LogP contribution in [0.4, 0.5) is 0 Å². The first-order chi connectivity index (χ1) is 8.50. The fourth-order valence-corrected chi connectivity index (χ4v) is 1.76. The molecule has 1 N–H and O–H groups in total. The number of aliphatic carboxylic acids is 1. The predicted molar refractivity (Wildman–Crippen MR) is 67.6 cm³/mol. The van der Waals surface area contributed by atoms with Crippen molar-refractivity contribution in [2.24, 2.45) is 0 Å². The lowest BCUT2D eigenvalue weighted by Crippen LogP contribution is -2.17. The van der Waals surface area contributed by atoms with Crippen LogP contribution in [-0.2, 0) is 4.79 Å². The van der Waals surface area contributed by atoms with Gasteiger partial charge >= 0.3 is 5.97 Å². The highest BCUT2D eigenvalue weighted by atomic mass is 35.5. The van der Waals surface area contributed by atoms with Gasteiger partial charge in [0.05, 0.1) is 11.9 Å². The van der Waals surface area contributed by atoms with E-state index in [9.17, 15) is 4.79 Å². The second kappa shape index (κ2) is 4.78. The summed E-state index contributed by atoms with van der Waals surface area (Å²) < 4.78 is 1.38. The average Bonchev–Trinajstić information content (AvgIpc) is 2.80. The van der Waals surface area contributed by atoms with Gasteiger partial charge in [0.1, 0.15) is 6.04 Å². The summed E-state index contributed by atoms with van der Waals surface area (Å²) in [6.07, 6.45) is 1.54. The van der Waals surface area contributed by atoms with Crippen LogP contribution in [0.1, 0.15) is 18.5 Å². The number of hydrogen-bond acceptors (Lipinski definition) is 3. The van der Waals surface area contributed by atoms with Crippen molar-refractivity contribution in [2.75, 3.05) is 0 Å². The maximum absolute atomic E-state index is 11.0. The maximum atomic E-state index is 11.0. The Labute approximate surface area is 109 Å². The molecule has 1 atom stereocenters. The molecule has 94 valence electrons. The van der Waals surface area contributed by atoms with Crippen LogP contribution < -0.4 is 0 Å². The van der Waals surface area contributed by atoms with Crippen LogP contribution in [-0.4, -0.2) is 26.1 Å². The zero-order chi connectivity index (χ0) is 13.3. The molecule has 1 aromatic carbocycles. The first-order valence-corrected chi connectivity index (χ1v) is 5.78. The van der Waals surface area contributed by atoms with E-state index in [2.05, 4.69) is 10.3 Å². The molecule has 18 heavy (non-hydrogen) atoms. The van der Waals surface area contributed by atoms with Crippen molar-refractivity contribution in [1.29, 1.82) is 0 Å². The van der Waals surface area contributed by atoms with Crippen molar-refractivity contribution in [2.45, 2.75) is 19.9 Å². The first-order valence-electron chi connectivity index (χ1n) is 5.40. The monoisotopic (exact) mass is 265 g/mol. The first kappa shape index (κ1) is 12.6. The quantitative estimate of drug-likeness (QED) is 0.926. The average molecular weight is 266 g/mol. The third-order valence-electron chi connectivity index (χ3n) is 2.75. The number of carboxylic acids is 1. The van der Waals surface area contributed by atoms with E-state index < -0.39 is 12.0 Å². The Bertz CT molecular complexity index is 595. The van der Waals surface area contributed by atoms with E-state index in [0.29, 0.717) is 10.7 Å². The second-order valence-electron chi connectivity index (χ2n) is 4.04. The van der Waals surface area contributed by atoms with Gasteiger partial charge in [-0.2, -0.15) is 0 Å². The molecule has 1 heterocycles. The number of hydrogen-bond donors (Lipinski definition) is 1. The fraction of sp³-hybridized carbons (Fsp3) is 0.250. The molecule has 0 aliphatic heterocycles. The molecule has 0 saturated heterocycles. The minimum Gasteiger partial charge on any atom is -0.480 e. The number of aromatic nitrogens is 3. The second-order valence-corrected chi connectivity index (χ2v) is 4.45. The minimum atomic E-state index is -0.951. The van der Waals surface area contributed by atoms with E-state index in [1.54, 1.807) is 19.2 Å². The molecule has 5 nitrogen and oxygen atoms in total. The number of carboxylic acid groups (broad SMARTS) is 1. The summed E-state index contributed by atoms with van der Waals surface area (Å²) >= 11 is 5.96. The summed E-state index contributed by atoms with van der Waals surface area (Å²) in [5.41, 5.74) is 2.42. The molecule has 1 aromatic heterocycles. The molecule has 0 aliphatic carbocycles. The van der Waals surface area contributed by atoms with E-state index in [4.69, 9.17) is 16.7 Å². The van der Waals surface area contributed by atoms with Crippen LogP contribution in [0.5, 0.6) is 0 Å². The molecular formula is C12H12ClN3O2.